The number of rotatable bonds is 6. The lowest BCUT2D eigenvalue weighted by Crippen LogP contribution is -2.00. The maximum atomic E-state index is 9.69. The number of ether oxygens (including phenoxy) is 1. The van der Waals surface area contributed by atoms with Crippen LogP contribution in [0.4, 0.5) is 5.00 Å². The molecule has 1 heterocycles. The van der Waals surface area contributed by atoms with Gasteiger partial charge in [0.05, 0.1) is 12.2 Å². The van der Waals surface area contributed by atoms with Crippen LogP contribution < -0.4 is 4.74 Å². The summed E-state index contributed by atoms with van der Waals surface area (Å²) >= 11 is 1.68. The van der Waals surface area contributed by atoms with Crippen LogP contribution in [0, 0.1) is 11.3 Å². The van der Waals surface area contributed by atoms with E-state index in [9.17, 15) is 5.26 Å². The predicted octanol–water partition coefficient (Wildman–Crippen LogP) is 6.58. The van der Waals surface area contributed by atoms with Crippen molar-refractivity contribution in [2.45, 2.75) is 45.4 Å². The van der Waals surface area contributed by atoms with Gasteiger partial charge >= 0.3 is 0 Å². The van der Waals surface area contributed by atoms with E-state index in [-0.39, 0.29) is 0 Å². The standard InChI is InChI=1S/C24H24N2OS/c1-2-3-14-27-22-13-12-17-8-4-5-9-18(17)21(22)16-26-24-20(15-25)19-10-6-7-11-23(19)28-24/h4-5,8-9,12-13,16H,2-3,6-7,10-11,14H2,1H3. The second kappa shape index (κ2) is 8.58. The Kier molecular flexibility index (Phi) is 5.73. The van der Waals surface area contributed by atoms with Crippen LogP contribution in [0.2, 0.25) is 0 Å². The fraction of sp³-hybridized carbons (Fsp3) is 0.333. The Morgan fingerprint density at radius 1 is 1.18 bits per heavy atom. The van der Waals surface area contributed by atoms with Gasteiger partial charge < -0.3 is 4.74 Å². The van der Waals surface area contributed by atoms with Gasteiger partial charge in [-0.1, -0.05) is 43.7 Å². The van der Waals surface area contributed by atoms with E-state index >= 15 is 0 Å². The quantitative estimate of drug-likeness (QED) is 0.353. The highest BCUT2D eigenvalue weighted by atomic mass is 32.1. The van der Waals surface area contributed by atoms with Gasteiger partial charge in [-0.25, -0.2) is 4.99 Å². The Morgan fingerprint density at radius 3 is 2.89 bits per heavy atom. The number of benzene rings is 2. The lowest BCUT2D eigenvalue weighted by molar-refractivity contribution is 0.309. The molecule has 3 aromatic rings. The summed E-state index contributed by atoms with van der Waals surface area (Å²) in [6.45, 7) is 2.86. The van der Waals surface area contributed by atoms with Gasteiger partial charge in [0.15, 0.2) is 0 Å². The molecule has 1 aliphatic carbocycles. The first-order valence-corrected chi connectivity index (χ1v) is 10.9. The molecule has 0 atom stereocenters. The molecule has 0 radical (unpaired) electrons. The van der Waals surface area contributed by atoms with Gasteiger partial charge in [-0.2, -0.15) is 5.26 Å². The average Bonchev–Trinajstić information content (AvgIpc) is 3.10. The van der Waals surface area contributed by atoms with Crippen LogP contribution in [0.3, 0.4) is 0 Å². The minimum atomic E-state index is 0.701. The molecule has 3 nitrogen and oxygen atoms in total. The smallest absolute Gasteiger partial charge is 0.134 e. The molecule has 28 heavy (non-hydrogen) atoms. The number of aliphatic imine (C=N–C) groups is 1. The van der Waals surface area contributed by atoms with Gasteiger partial charge in [-0.05, 0) is 54.5 Å². The summed E-state index contributed by atoms with van der Waals surface area (Å²) in [5.41, 5.74) is 2.98. The van der Waals surface area contributed by atoms with Gasteiger partial charge in [0, 0.05) is 16.7 Å². The molecule has 4 rings (SSSR count). The summed E-state index contributed by atoms with van der Waals surface area (Å²) in [5.74, 6) is 0.857. The van der Waals surface area contributed by atoms with Crippen LogP contribution in [0.1, 0.15) is 54.2 Å². The summed E-state index contributed by atoms with van der Waals surface area (Å²) in [5, 5.41) is 12.8. The Labute approximate surface area is 170 Å². The van der Waals surface area contributed by atoms with Crippen molar-refractivity contribution in [1.29, 1.82) is 5.26 Å². The van der Waals surface area contributed by atoms with E-state index in [4.69, 9.17) is 9.73 Å². The fourth-order valence-electron chi connectivity index (χ4n) is 3.74. The number of hydrogen-bond acceptors (Lipinski definition) is 4. The van der Waals surface area contributed by atoms with Gasteiger partial charge in [0.25, 0.3) is 0 Å². The molecule has 1 aliphatic rings. The number of nitrogens with zero attached hydrogens (tertiary/aromatic N) is 2. The molecule has 0 saturated carbocycles. The SMILES string of the molecule is CCCCOc1ccc2ccccc2c1C=Nc1sc2c(c1C#N)CCCC2. The van der Waals surface area contributed by atoms with Crippen molar-refractivity contribution < 1.29 is 4.74 Å². The third-order valence-electron chi connectivity index (χ3n) is 5.26. The van der Waals surface area contributed by atoms with Crippen molar-refractivity contribution in [3.05, 3.63) is 58.0 Å². The molecule has 0 spiro atoms. The van der Waals surface area contributed by atoms with E-state index < -0.39 is 0 Å². The number of hydrogen-bond donors (Lipinski definition) is 0. The van der Waals surface area contributed by atoms with Crippen LogP contribution in [-0.2, 0) is 12.8 Å². The molecule has 0 aliphatic heterocycles. The molecule has 0 N–H and O–H groups in total. The van der Waals surface area contributed by atoms with Crippen LogP contribution in [0.15, 0.2) is 41.4 Å². The monoisotopic (exact) mass is 388 g/mol. The van der Waals surface area contributed by atoms with Crippen LogP contribution in [0.5, 0.6) is 5.75 Å². The lowest BCUT2D eigenvalue weighted by atomic mass is 9.96. The predicted molar refractivity (Wildman–Crippen MR) is 117 cm³/mol. The van der Waals surface area contributed by atoms with E-state index in [0.717, 1.165) is 58.3 Å². The Morgan fingerprint density at radius 2 is 2.04 bits per heavy atom. The number of unbranched alkanes of at least 4 members (excludes halogenated alkanes) is 1. The van der Waals surface area contributed by atoms with Crippen molar-refractivity contribution in [3.8, 4) is 11.8 Å². The average molecular weight is 389 g/mol. The van der Waals surface area contributed by atoms with Gasteiger partial charge in [0.1, 0.15) is 16.8 Å². The van der Waals surface area contributed by atoms with Gasteiger partial charge in [-0.15, -0.1) is 11.3 Å². The first-order valence-electron chi connectivity index (χ1n) is 10.0. The molecular weight excluding hydrogens is 364 g/mol. The third-order valence-corrected chi connectivity index (χ3v) is 6.46. The zero-order valence-corrected chi connectivity index (χ0v) is 17.0. The van der Waals surface area contributed by atoms with Crippen molar-refractivity contribution in [2.24, 2.45) is 4.99 Å². The second-order valence-electron chi connectivity index (χ2n) is 7.16. The molecule has 0 unspecified atom stereocenters. The highest BCUT2D eigenvalue weighted by molar-refractivity contribution is 7.16. The van der Waals surface area contributed by atoms with Crippen molar-refractivity contribution >= 4 is 33.3 Å². The van der Waals surface area contributed by atoms with E-state index in [0.29, 0.717) is 6.61 Å². The first-order chi connectivity index (χ1) is 13.8. The normalized spacial score (nSPS) is 13.6. The Bertz CT molecular complexity index is 1060. The van der Waals surface area contributed by atoms with E-state index in [1.165, 1.54) is 23.3 Å². The largest absolute Gasteiger partial charge is 0.493 e. The summed E-state index contributed by atoms with van der Waals surface area (Å²) in [7, 11) is 0. The minimum Gasteiger partial charge on any atom is -0.493 e. The van der Waals surface area contributed by atoms with E-state index in [1.807, 2.05) is 24.4 Å². The van der Waals surface area contributed by atoms with Crippen molar-refractivity contribution in [3.63, 3.8) is 0 Å². The summed E-state index contributed by atoms with van der Waals surface area (Å²) in [4.78, 5) is 6.12. The maximum absolute atomic E-state index is 9.69. The lowest BCUT2D eigenvalue weighted by Gasteiger charge is -2.11. The molecule has 1 aromatic heterocycles. The van der Waals surface area contributed by atoms with Crippen LogP contribution in [0.25, 0.3) is 10.8 Å². The van der Waals surface area contributed by atoms with Crippen LogP contribution >= 0.6 is 11.3 Å². The maximum Gasteiger partial charge on any atom is 0.134 e. The molecule has 0 bridgehead atoms. The molecule has 2 aromatic carbocycles. The number of fused-ring (bicyclic) bond motifs is 2. The van der Waals surface area contributed by atoms with Gasteiger partial charge in [0.2, 0.25) is 0 Å². The van der Waals surface area contributed by atoms with E-state index in [2.05, 4.69) is 31.2 Å². The molecule has 0 saturated heterocycles. The van der Waals surface area contributed by atoms with Crippen molar-refractivity contribution in [1.82, 2.24) is 0 Å². The molecular formula is C24H24N2OS. The summed E-state index contributed by atoms with van der Waals surface area (Å²) < 4.78 is 6.06. The number of nitriles is 1. The Balaban J connectivity index is 1.75. The minimum absolute atomic E-state index is 0.701. The van der Waals surface area contributed by atoms with E-state index in [1.54, 1.807) is 11.3 Å². The first kappa shape index (κ1) is 18.7. The highest BCUT2D eigenvalue weighted by Crippen LogP contribution is 2.39. The topological polar surface area (TPSA) is 45.4 Å². The summed E-state index contributed by atoms with van der Waals surface area (Å²) in [6, 6.07) is 14.8. The fourth-order valence-corrected chi connectivity index (χ4v) is 4.93. The number of aryl methyl sites for hydroxylation is 1. The molecule has 142 valence electrons. The van der Waals surface area contributed by atoms with Crippen LogP contribution in [-0.4, -0.2) is 12.8 Å². The van der Waals surface area contributed by atoms with Crippen molar-refractivity contribution in [2.75, 3.05) is 6.61 Å². The zero-order valence-electron chi connectivity index (χ0n) is 16.2. The van der Waals surface area contributed by atoms with Gasteiger partial charge in [-0.3, -0.25) is 0 Å². The molecule has 0 amide bonds. The Hall–Kier alpha value is -2.64. The number of thiophene rings is 1. The summed E-state index contributed by atoms with van der Waals surface area (Å²) in [6.07, 6.45) is 8.47. The molecule has 0 fully saturated rings. The highest BCUT2D eigenvalue weighted by Gasteiger charge is 2.20. The third kappa shape index (κ3) is 3.68. The molecule has 4 heteroatoms. The second-order valence-corrected chi connectivity index (χ2v) is 8.25. The zero-order chi connectivity index (χ0) is 19.3.